The van der Waals surface area contributed by atoms with Crippen LogP contribution in [0.4, 0.5) is 4.79 Å². The van der Waals surface area contributed by atoms with Crippen LogP contribution < -0.4 is 18.9 Å². The quantitative estimate of drug-likeness (QED) is 0.261. The van der Waals surface area contributed by atoms with Crippen molar-refractivity contribution in [3.63, 3.8) is 0 Å². The van der Waals surface area contributed by atoms with Gasteiger partial charge in [0.25, 0.3) is 6.47 Å². The second-order valence-corrected chi connectivity index (χ2v) is 6.90. The van der Waals surface area contributed by atoms with Crippen LogP contribution in [0.5, 0.6) is 23.0 Å². The molecule has 157 valence electrons. The molecule has 0 saturated heterocycles. The first-order chi connectivity index (χ1) is 14.6. The standard InChI is InChI=1S/C22H21O7S/c1-4-25-17-12-19-16(20(26-5-2)21(17)28-13-23)11-18(30-19)14-7-9-15(10-8-14)29-22(24)27-6-3/h7-10,12-13H,4-6H2,1-3H3. The smallest absolute Gasteiger partial charge is 0.490 e. The lowest BCUT2D eigenvalue weighted by Gasteiger charge is -2.14. The van der Waals surface area contributed by atoms with Crippen LogP contribution in [-0.2, 0) is 9.53 Å². The van der Waals surface area contributed by atoms with E-state index in [2.05, 4.69) is 6.07 Å². The summed E-state index contributed by atoms with van der Waals surface area (Å²) in [6.45, 7) is 6.80. The second-order valence-electron chi connectivity index (χ2n) is 5.85. The van der Waals surface area contributed by atoms with Crippen LogP contribution in [-0.4, -0.2) is 32.4 Å². The molecule has 0 aliphatic carbocycles. The Bertz CT molecular complexity index is 1020. The van der Waals surface area contributed by atoms with Gasteiger partial charge in [-0.05, 0) is 50.6 Å². The Morgan fingerprint density at radius 3 is 2.40 bits per heavy atom. The van der Waals surface area contributed by atoms with E-state index >= 15 is 0 Å². The molecule has 0 aliphatic rings. The molecule has 0 saturated carbocycles. The Hall–Kier alpha value is -3.26. The Morgan fingerprint density at radius 2 is 1.77 bits per heavy atom. The normalized spacial score (nSPS) is 10.5. The van der Waals surface area contributed by atoms with E-state index in [9.17, 15) is 9.59 Å². The molecule has 0 bridgehead atoms. The van der Waals surface area contributed by atoms with E-state index in [0.29, 0.717) is 42.3 Å². The molecule has 0 fully saturated rings. The maximum Gasteiger partial charge on any atom is 0.513 e. The van der Waals surface area contributed by atoms with E-state index in [-0.39, 0.29) is 12.4 Å². The van der Waals surface area contributed by atoms with Gasteiger partial charge >= 0.3 is 6.16 Å². The number of thiophene rings is 1. The molecule has 30 heavy (non-hydrogen) atoms. The summed E-state index contributed by atoms with van der Waals surface area (Å²) in [5.41, 5.74) is 0.880. The average molecular weight is 429 g/mol. The van der Waals surface area contributed by atoms with E-state index in [1.807, 2.05) is 32.0 Å². The van der Waals surface area contributed by atoms with E-state index in [1.54, 1.807) is 19.1 Å². The molecule has 0 unspecified atom stereocenters. The fourth-order valence-electron chi connectivity index (χ4n) is 2.80. The van der Waals surface area contributed by atoms with Crippen LogP contribution in [0.2, 0.25) is 0 Å². The number of hydrogen-bond acceptors (Lipinski definition) is 8. The molecule has 3 rings (SSSR count). The summed E-state index contributed by atoms with van der Waals surface area (Å²) in [5.74, 6) is 1.46. The first kappa shape index (κ1) is 21.4. The van der Waals surface area contributed by atoms with Crippen molar-refractivity contribution in [2.24, 2.45) is 0 Å². The molecule has 0 spiro atoms. The van der Waals surface area contributed by atoms with Gasteiger partial charge < -0.3 is 23.7 Å². The maximum absolute atomic E-state index is 11.4. The monoisotopic (exact) mass is 429 g/mol. The van der Waals surface area contributed by atoms with Crippen LogP contribution in [0.15, 0.2) is 30.3 Å². The first-order valence-corrected chi connectivity index (χ1v) is 10.3. The topological polar surface area (TPSA) is 80.3 Å². The summed E-state index contributed by atoms with van der Waals surface area (Å²) >= 11 is 1.49. The Kier molecular flexibility index (Phi) is 7.13. The van der Waals surface area contributed by atoms with Gasteiger partial charge in [-0.3, -0.25) is 4.79 Å². The number of carbonyl (C=O) groups excluding carboxylic acids is 2. The molecule has 0 amide bonds. The maximum atomic E-state index is 11.4. The molecule has 0 N–H and O–H groups in total. The minimum absolute atomic E-state index is 0.236. The third kappa shape index (κ3) is 4.65. The zero-order valence-electron chi connectivity index (χ0n) is 16.9. The predicted octanol–water partition coefficient (Wildman–Crippen LogP) is 5.24. The lowest BCUT2D eigenvalue weighted by atomic mass is 10.1. The largest absolute Gasteiger partial charge is 0.513 e. The lowest BCUT2D eigenvalue weighted by molar-refractivity contribution is -0.120. The summed E-state index contributed by atoms with van der Waals surface area (Å²) in [6, 6.07) is 12.1. The third-order valence-corrected chi connectivity index (χ3v) is 5.03. The van der Waals surface area contributed by atoms with Crippen molar-refractivity contribution >= 4 is 34.1 Å². The lowest BCUT2D eigenvalue weighted by Crippen LogP contribution is -2.09. The molecule has 0 atom stereocenters. The molecule has 1 radical (unpaired) electrons. The molecular formula is C22H21O7S. The summed E-state index contributed by atoms with van der Waals surface area (Å²) in [5, 5.41) is 0.698. The molecular weight excluding hydrogens is 408 g/mol. The van der Waals surface area contributed by atoms with Crippen molar-refractivity contribution in [2.75, 3.05) is 19.8 Å². The number of ether oxygens (including phenoxy) is 5. The van der Waals surface area contributed by atoms with Crippen LogP contribution in [0, 0.1) is 6.07 Å². The number of hydrogen-bond donors (Lipinski definition) is 0. The zero-order chi connectivity index (χ0) is 21.5. The van der Waals surface area contributed by atoms with Crippen LogP contribution in [0.3, 0.4) is 0 Å². The number of rotatable bonds is 9. The summed E-state index contributed by atoms with van der Waals surface area (Å²) in [6.07, 6.45) is -0.744. The average Bonchev–Trinajstić information content (AvgIpc) is 3.15. The molecule has 8 heteroatoms. The highest BCUT2D eigenvalue weighted by Gasteiger charge is 2.20. The van der Waals surface area contributed by atoms with Gasteiger partial charge in [-0.25, -0.2) is 4.79 Å². The van der Waals surface area contributed by atoms with Gasteiger partial charge in [-0.1, -0.05) is 0 Å². The van der Waals surface area contributed by atoms with Gasteiger partial charge in [0.15, 0.2) is 11.5 Å². The van der Waals surface area contributed by atoms with Gasteiger partial charge in [0.2, 0.25) is 5.75 Å². The summed E-state index contributed by atoms with van der Waals surface area (Å²) < 4.78 is 27.3. The number of benzene rings is 2. The fraction of sp³-hybridized carbons (Fsp3) is 0.273. The van der Waals surface area contributed by atoms with Crippen molar-refractivity contribution in [1.82, 2.24) is 0 Å². The molecule has 2 aromatic carbocycles. The minimum Gasteiger partial charge on any atom is -0.490 e. The molecule has 3 aromatic rings. The van der Waals surface area contributed by atoms with Gasteiger partial charge in [-0.2, -0.15) is 0 Å². The zero-order valence-corrected chi connectivity index (χ0v) is 17.7. The van der Waals surface area contributed by atoms with Gasteiger partial charge in [0, 0.05) is 27.1 Å². The highest BCUT2D eigenvalue weighted by Crippen LogP contribution is 2.47. The van der Waals surface area contributed by atoms with Crippen molar-refractivity contribution in [2.45, 2.75) is 20.8 Å². The Balaban J connectivity index is 2.00. The van der Waals surface area contributed by atoms with Crippen molar-refractivity contribution in [3.05, 3.63) is 36.4 Å². The summed E-state index contributed by atoms with van der Waals surface area (Å²) in [7, 11) is 0. The van der Waals surface area contributed by atoms with Crippen LogP contribution >= 0.6 is 11.3 Å². The molecule has 1 heterocycles. The molecule has 1 aromatic heterocycles. The van der Waals surface area contributed by atoms with E-state index in [4.69, 9.17) is 23.7 Å². The van der Waals surface area contributed by atoms with Gasteiger partial charge in [0.05, 0.1) is 19.8 Å². The van der Waals surface area contributed by atoms with E-state index in [1.165, 1.54) is 11.3 Å². The first-order valence-electron chi connectivity index (χ1n) is 9.44. The Morgan fingerprint density at radius 1 is 1.03 bits per heavy atom. The number of carbonyl (C=O) groups is 2. The highest BCUT2D eigenvalue weighted by molar-refractivity contribution is 7.22. The van der Waals surface area contributed by atoms with E-state index in [0.717, 1.165) is 15.1 Å². The van der Waals surface area contributed by atoms with Crippen molar-refractivity contribution in [1.29, 1.82) is 0 Å². The number of fused-ring (bicyclic) bond motifs is 1. The predicted molar refractivity (Wildman–Crippen MR) is 113 cm³/mol. The minimum atomic E-state index is -0.744. The van der Waals surface area contributed by atoms with Crippen LogP contribution in [0.25, 0.3) is 20.5 Å². The highest BCUT2D eigenvalue weighted by atomic mass is 32.1. The van der Waals surface area contributed by atoms with E-state index < -0.39 is 6.16 Å². The third-order valence-electron chi connectivity index (χ3n) is 3.95. The Labute approximate surface area is 178 Å². The summed E-state index contributed by atoms with van der Waals surface area (Å²) in [4.78, 5) is 23.3. The fourth-order valence-corrected chi connectivity index (χ4v) is 3.83. The molecule has 7 nitrogen and oxygen atoms in total. The van der Waals surface area contributed by atoms with Crippen molar-refractivity contribution in [3.8, 4) is 33.4 Å². The van der Waals surface area contributed by atoms with Gasteiger partial charge in [-0.15, -0.1) is 11.3 Å². The van der Waals surface area contributed by atoms with Crippen LogP contribution in [0.1, 0.15) is 20.8 Å². The SMILES string of the molecule is CCOC(=O)Oc1ccc(-c2[c]c3c(OCC)c(OC=O)c(OCC)cc3s2)cc1. The van der Waals surface area contributed by atoms with Crippen molar-refractivity contribution < 1.29 is 33.3 Å². The molecule has 0 aliphatic heterocycles. The van der Waals surface area contributed by atoms with Gasteiger partial charge in [0.1, 0.15) is 5.75 Å². The second kappa shape index (κ2) is 9.98.